The summed E-state index contributed by atoms with van der Waals surface area (Å²) in [6, 6.07) is -7.96. The van der Waals surface area contributed by atoms with Crippen LogP contribution in [0.5, 0.6) is 0 Å². The van der Waals surface area contributed by atoms with E-state index in [0.717, 1.165) is 13.8 Å². The molecule has 0 saturated heterocycles. The lowest BCUT2D eigenvalue weighted by atomic mass is 10.1. The maximum absolute atomic E-state index is 12.7. The Morgan fingerprint density at radius 2 is 1.15 bits per heavy atom. The van der Waals surface area contributed by atoms with Gasteiger partial charge in [-0.25, -0.2) is 0 Å². The summed E-state index contributed by atoms with van der Waals surface area (Å²) >= 11 is 3.60. The summed E-state index contributed by atoms with van der Waals surface area (Å²) in [4.78, 5) is 95.4. The fourth-order valence-corrected chi connectivity index (χ4v) is 3.25. The van der Waals surface area contributed by atoms with Crippen LogP contribution in [0.1, 0.15) is 33.1 Å². The summed E-state index contributed by atoms with van der Waals surface area (Å²) in [7, 11) is 0. The Labute approximate surface area is 233 Å². The predicted molar refractivity (Wildman–Crippen MR) is 137 cm³/mol. The van der Waals surface area contributed by atoms with Gasteiger partial charge in [0.2, 0.25) is 46.5 Å². The van der Waals surface area contributed by atoms with Crippen LogP contribution >= 0.6 is 12.6 Å². The molecule has 226 valence electrons. The van der Waals surface area contributed by atoms with Crippen molar-refractivity contribution in [2.75, 3.05) is 13.2 Å². The second kappa shape index (κ2) is 17.7. The van der Waals surface area contributed by atoms with Crippen molar-refractivity contribution in [3.63, 3.8) is 0 Å². The first-order valence-corrected chi connectivity index (χ1v) is 12.2. The zero-order valence-electron chi connectivity index (χ0n) is 21.7. The van der Waals surface area contributed by atoms with Crippen LogP contribution < -0.4 is 38.1 Å². The van der Waals surface area contributed by atoms with Crippen LogP contribution in [0.2, 0.25) is 0 Å². The SMILES string of the molecule is CC(=O)N[C@@H](CC(N)=O)C(=O)N[C@@H](CO)C(=O)N[C@H](C(=O)N[C@@H](CO)C(=O)N[C@@H](CCC(N)=O)C(=O)S)[C@@H](C)O. The summed E-state index contributed by atoms with van der Waals surface area (Å²) in [5, 5.41) is 38.9. The lowest BCUT2D eigenvalue weighted by molar-refractivity contribution is -0.137. The van der Waals surface area contributed by atoms with Crippen LogP contribution in [0.15, 0.2) is 0 Å². The zero-order chi connectivity index (χ0) is 31.2. The molecular formula is C21H35N7O11S. The van der Waals surface area contributed by atoms with Gasteiger partial charge in [-0.3, -0.25) is 38.4 Å². The van der Waals surface area contributed by atoms with Gasteiger partial charge in [-0.1, -0.05) is 0 Å². The average molecular weight is 594 g/mol. The smallest absolute Gasteiger partial charge is 0.245 e. The van der Waals surface area contributed by atoms with Gasteiger partial charge in [-0.2, -0.15) is 0 Å². The molecule has 19 heteroatoms. The standard InChI is InChI=1S/C21H35N7O11S/c1-8(31)16(20(38)27-12(6-29)18(36)25-10(21(39)40)3-4-14(22)33)28-19(37)13(7-30)26-17(35)11(5-15(23)34)24-9(2)32/h8,10-13,16,29-31H,3-7H2,1-2H3,(H2,22,33)(H2,23,34)(H,24,32)(H,25,36)(H,26,35)(H,27,38)(H,28,37)(H,39,40)/t8-,10+,11+,12+,13+,16+/m1/s1. The number of carbonyl (C=O) groups excluding carboxylic acids is 8. The van der Waals surface area contributed by atoms with Gasteiger partial charge in [0, 0.05) is 13.3 Å². The summed E-state index contributed by atoms with van der Waals surface area (Å²) in [5.41, 5.74) is 10.1. The fourth-order valence-electron chi connectivity index (χ4n) is 3.05. The lowest BCUT2D eigenvalue weighted by Gasteiger charge is -2.27. The van der Waals surface area contributed by atoms with Crippen LogP contribution in [0, 0.1) is 0 Å². The highest BCUT2D eigenvalue weighted by atomic mass is 32.1. The molecule has 0 spiro atoms. The molecule has 0 aromatic rings. The maximum Gasteiger partial charge on any atom is 0.245 e. The molecule has 0 radical (unpaired) electrons. The molecule has 0 rings (SSSR count). The monoisotopic (exact) mass is 593 g/mol. The number of nitrogens with two attached hydrogens (primary N) is 2. The molecule has 0 aromatic carbocycles. The first kappa shape index (κ1) is 36.2. The van der Waals surface area contributed by atoms with Crippen molar-refractivity contribution in [3.8, 4) is 0 Å². The number of hydrogen-bond donors (Lipinski definition) is 11. The van der Waals surface area contributed by atoms with Crippen molar-refractivity contribution in [2.24, 2.45) is 11.5 Å². The van der Waals surface area contributed by atoms with Crippen molar-refractivity contribution in [3.05, 3.63) is 0 Å². The van der Waals surface area contributed by atoms with Crippen LogP contribution in [0.25, 0.3) is 0 Å². The first-order valence-electron chi connectivity index (χ1n) is 11.7. The van der Waals surface area contributed by atoms with E-state index >= 15 is 0 Å². The minimum absolute atomic E-state index is 0.210. The van der Waals surface area contributed by atoms with E-state index < -0.39 is 102 Å². The summed E-state index contributed by atoms with van der Waals surface area (Å²) in [6.45, 7) is 0.146. The van der Waals surface area contributed by atoms with Gasteiger partial charge in [0.15, 0.2) is 0 Å². The summed E-state index contributed by atoms with van der Waals surface area (Å²) < 4.78 is 0. The van der Waals surface area contributed by atoms with Crippen molar-refractivity contribution >= 4 is 59.1 Å². The highest BCUT2D eigenvalue weighted by molar-refractivity contribution is 7.96. The van der Waals surface area contributed by atoms with Crippen molar-refractivity contribution in [1.82, 2.24) is 26.6 Å². The van der Waals surface area contributed by atoms with Crippen LogP contribution in [-0.4, -0.2) is 111 Å². The Balaban J connectivity index is 5.50. The first-order chi connectivity index (χ1) is 18.5. The Bertz CT molecular complexity index is 963. The number of primary amides is 2. The third-order valence-electron chi connectivity index (χ3n) is 5.09. The quantitative estimate of drug-likeness (QED) is 0.0663. The fraction of sp³-hybridized carbons (Fsp3) is 0.619. The number of nitrogens with one attached hydrogen (secondary N) is 5. The molecule has 40 heavy (non-hydrogen) atoms. The Kier molecular flexibility index (Phi) is 16.0. The van der Waals surface area contributed by atoms with E-state index in [1.165, 1.54) is 0 Å². The average Bonchev–Trinajstić information content (AvgIpc) is 2.84. The number of hydrogen-bond acceptors (Lipinski definition) is 11. The normalized spacial score (nSPS) is 15.2. The van der Waals surface area contributed by atoms with Gasteiger partial charge in [0.05, 0.1) is 31.8 Å². The third-order valence-corrected chi connectivity index (χ3v) is 5.40. The van der Waals surface area contributed by atoms with Gasteiger partial charge >= 0.3 is 0 Å². The molecule has 6 atom stereocenters. The largest absolute Gasteiger partial charge is 0.394 e. The van der Waals surface area contributed by atoms with Gasteiger partial charge in [-0.15, -0.1) is 12.6 Å². The highest BCUT2D eigenvalue weighted by Crippen LogP contribution is 2.03. The second-order valence-electron chi connectivity index (χ2n) is 8.54. The zero-order valence-corrected chi connectivity index (χ0v) is 22.6. The molecule has 0 bridgehead atoms. The minimum Gasteiger partial charge on any atom is -0.394 e. The van der Waals surface area contributed by atoms with Crippen LogP contribution in [-0.2, 0) is 38.4 Å². The van der Waals surface area contributed by atoms with E-state index in [1.54, 1.807) is 0 Å². The molecule has 0 aliphatic heterocycles. The van der Waals surface area contributed by atoms with Gasteiger partial charge in [-0.05, 0) is 13.3 Å². The molecular weight excluding hydrogens is 558 g/mol. The second-order valence-corrected chi connectivity index (χ2v) is 8.98. The molecule has 0 saturated carbocycles. The van der Waals surface area contributed by atoms with E-state index in [1.807, 2.05) is 0 Å². The van der Waals surface area contributed by atoms with Crippen molar-refractivity contribution in [2.45, 2.75) is 69.4 Å². The Morgan fingerprint density at radius 3 is 1.55 bits per heavy atom. The molecule has 0 aliphatic rings. The number of carbonyl (C=O) groups is 8. The van der Waals surface area contributed by atoms with Crippen molar-refractivity contribution < 1.29 is 53.7 Å². The van der Waals surface area contributed by atoms with E-state index in [-0.39, 0.29) is 12.8 Å². The molecule has 0 heterocycles. The predicted octanol–water partition coefficient (Wildman–Crippen LogP) is -6.61. The number of thiol groups is 1. The van der Waals surface area contributed by atoms with Crippen molar-refractivity contribution in [1.29, 1.82) is 0 Å². The number of amides is 7. The minimum atomic E-state index is -1.78. The van der Waals surface area contributed by atoms with Crippen LogP contribution in [0.3, 0.4) is 0 Å². The third kappa shape index (κ3) is 13.3. The van der Waals surface area contributed by atoms with Gasteiger partial charge in [0.25, 0.3) is 0 Å². The maximum atomic E-state index is 12.7. The Hall–Kier alpha value is -3.81. The molecule has 0 fully saturated rings. The Morgan fingerprint density at radius 1 is 0.700 bits per heavy atom. The topological polar surface area (TPSA) is 309 Å². The highest BCUT2D eigenvalue weighted by Gasteiger charge is 2.34. The van der Waals surface area contributed by atoms with E-state index in [9.17, 15) is 53.7 Å². The summed E-state index contributed by atoms with van der Waals surface area (Å²) in [6.07, 6.45) is -2.72. The molecule has 12 N–H and O–H groups in total. The van der Waals surface area contributed by atoms with E-state index in [0.29, 0.717) is 0 Å². The van der Waals surface area contributed by atoms with Gasteiger partial charge < -0.3 is 53.4 Å². The molecule has 18 nitrogen and oxygen atoms in total. The molecule has 7 amide bonds. The number of aliphatic hydroxyl groups excluding tert-OH is 3. The summed E-state index contributed by atoms with van der Waals surface area (Å²) in [5.74, 6) is -6.91. The number of aliphatic hydroxyl groups is 3. The number of rotatable bonds is 18. The van der Waals surface area contributed by atoms with E-state index in [4.69, 9.17) is 11.5 Å². The van der Waals surface area contributed by atoms with Crippen LogP contribution in [0.4, 0.5) is 0 Å². The van der Waals surface area contributed by atoms with Gasteiger partial charge in [0.1, 0.15) is 24.2 Å². The molecule has 0 aliphatic carbocycles. The molecule has 0 unspecified atom stereocenters. The lowest BCUT2D eigenvalue weighted by Crippen LogP contribution is -2.62. The van der Waals surface area contributed by atoms with E-state index in [2.05, 4.69) is 39.2 Å². The molecule has 0 aromatic heterocycles.